The number of hydrogen-bond donors (Lipinski definition) is 2. The van der Waals surface area contributed by atoms with E-state index in [1.54, 1.807) is 24.3 Å². The van der Waals surface area contributed by atoms with Crippen LogP contribution in [0.2, 0.25) is 0 Å². The number of nitrogens with one attached hydrogen (secondary N) is 1. The van der Waals surface area contributed by atoms with Crippen LogP contribution in [0.15, 0.2) is 41.1 Å². The summed E-state index contributed by atoms with van der Waals surface area (Å²) in [5.41, 5.74) is 0.0451. The SMILES string of the molecule is COCOc1ccccc1C(CC(=O)CC(=O)O)(NS(=O)C(C)(C)C)c1ccsc1. The number of hydrogen-bond acceptors (Lipinski definition) is 6. The molecule has 2 atom stereocenters. The van der Waals surface area contributed by atoms with E-state index < -0.39 is 39.4 Å². The molecular weight excluding hydrogens is 426 g/mol. The van der Waals surface area contributed by atoms with Gasteiger partial charge in [0.15, 0.2) is 6.79 Å². The van der Waals surface area contributed by atoms with Crippen LogP contribution in [0.3, 0.4) is 0 Å². The maximum atomic E-state index is 13.2. The van der Waals surface area contributed by atoms with Crippen LogP contribution in [0.4, 0.5) is 0 Å². The van der Waals surface area contributed by atoms with Gasteiger partial charge in [-0.05, 0) is 49.2 Å². The Hall–Kier alpha value is -2.07. The molecule has 164 valence electrons. The van der Waals surface area contributed by atoms with Crippen LogP contribution in [0.25, 0.3) is 0 Å². The molecule has 0 spiro atoms. The van der Waals surface area contributed by atoms with Crippen LogP contribution in [-0.2, 0) is 30.9 Å². The van der Waals surface area contributed by atoms with Crippen molar-refractivity contribution < 1.29 is 28.4 Å². The fourth-order valence-electron chi connectivity index (χ4n) is 2.92. The molecule has 0 aliphatic heterocycles. The van der Waals surface area contributed by atoms with Crippen molar-refractivity contribution in [2.24, 2.45) is 0 Å². The highest BCUT2D eigenvalue weighted by atomic mass is 32.2. The molecule has 2 rings (SSSR count). The van der Waals surface area contributed by atoms with E-state index in [1.165, 1.54) is 18.4 Å². The highest BCUT2D eigenvalue weighted by Crippen LogP contribution is 2.41. The van der Waals surface area contributed by atoms with Gasteiger partial charge in [-0.1, -0.05) is 18.2 Å². The van der Waals surface area contributed by atoms with Crippen molar-refractivity contribution in [2.75, 3.05) is 13.9 Å². The van der Waals surface area contributed by atoms with Gasteiger partial charge in [0, 0.05) is 19.1 Å². The van der Waals surface area contributed by atoms with Crippen molar-refractivity contribution in [1.82, 2.24) is 4.72 Å². The predicted octanol–water partition coefficient (Wildman–Crippen LogP) is 3.46. The Bertz CT molecular complexity index is 891. The summed E-state index contributed by atoms with van der Waals surface area (Å²) in [7, 11) is -0.0687. The second kappa shape index (κ2) is 10.3. The van der Waals surface area contributed by atoms with Crippen molar-refractivity contribution >= 4 is 34.1 Å². The van der Waals surface area contributed by atoms with Gasteiger partial charge in [-0.3, -0.25) is 9.59 Å². The Morgan fingerprint density at radius 1 is 1.20 bits per heavy atom. The molecule has 0 saturated heterocycles. The number of ketones is 1. The Morgan fingerprint density at radius 2 is 1.90 bits per heavy atom. The molecule has 1 aromatic heterocycles. The van der Waals surface area contributed by atoms with E-state index in [0.29, 0.717) is 16.9 Å². The van der Waals surface area contributed by atoms with E-state index >= 15 is 0 Å². The number of aliphatic carboxylic acids is 1. The second-order valence-electron chi connectivity index (χ2n) is 7.73. The minimum atomic E-state index is -1.57. The normalized spacial score (nSPS) is 14.7. The summed E-state index contributed by atoms with van der Waals surface area (Å²) >= 11 is 1.43. The van der Waals surface area contributed by atoms with Crippen LogP contribution in [0.1, 0.15) is 44.7 Å². The Morgan fingerprint density at radius 3 is 2.47 bits per heavy atom. The van der Waals surface area contributed by atoms with E-state index in [4.69, 9.17) is 14.6 Å². The maximum absolute atomic E-state index is 13.2. The molecule has 1 heterocycles. The number of methoxy groups -OCH3 is 1. The zero-order valence-corrected chi connectivity index (χ0v) is 19.1. The molecule has 7 nitrogen and oxygen atoms in total. The fraction of sp³-hybridized carbons (Fsp3) is 0.429. The van der Waals surface area contributed by atoms with E-state index in [2.05, 4.69) is 4.72 Å². The molecule has 1 aromatic carbocycles. The molecule has 2 aromatic rings. The average molecular weight is 454 g/mol. The summed E-state index contributed by atoms with van der Waals surface area (Å²) in [5.74, 6) is -1.25. The maximum Gasteiger partial charge on any atom is 0.310 e. The number of para-hydroxylation sites is 1. The lowest BCUT2D eigenvalue weighted by atomic mass is 9.80. The van der Waals surface area contributed by atoms with Gasteiger partial charge >= 0.3 is 5.97 Å². The molecule has 2 unspecified atom stereocenters. The number of carbonyl (C=O) groups excluding carboxylic acids is 1. The van der Waals surface area contributed by atoms with Gasteiger partial charge in [-0.25, -0.2) is 8.93 Å². The molecule has 0 aliphatic rings. The quantitative estimate of drug-likeness (QED) is 0.399. The molecule has 30 heavy (non-hydrogen) atoms. The van der Waals surface area contributed by atoms with Crippen molar-refractivity contribution in [2.45, 2.75) is 43.9 Å². The predicted molar refractivity (Wildman–Crippen MR) is 117 cm³/mol. The van der Waals surface area contributed by atoms with Crippen molar-refractivity contribution in [3.63, 3.8) is 0 Å². The number of thiophene rings is 1. The molecule has 9 heteroatoms. The minimum absolute atomic E-state index is 0.0117. The monoisotopic (exact) mass is 453 g/mol. The summed E-state index contributed by atoms with van der Waals surface area (Å²) in [6.45, 7) is 5.45. The molecule has 0 saturated carbocycles. The number of benzene rings is 1. The third kappa shape index (κ3) is 5.98. The van der Waals surface area contributed by atoms with Crippen LogP contribution in [0, 0.1) is 0 Å². The zero-order chi connectivity index (χ0) is 22.4. The van der Waals surface area contributed by atoms with Crippen molar-refractivity contribution in [3.8, 4) is 5.75 Å². The first-order valence-corrected chi connectivity index (χ1v) is 11.4. The van der Waals surface area contributed by atoms with Crippen LogP contribution in [-0.4, -0.2) is 39.7 Å². The summed E-state index contributed by atoms with van der Waals surface area (Å²) < 4.78 is 26.5. The molecule has 0 aliphatic carbocycles. The van der Waals surface area contributed by atoms with E-state index in [1.807, 2.05) is 37.6 Å². The molecular formula is C21H27NO6S2. The molecule has 0 radical (unpaired) electrons. The first kappa shape index (κ1) is 24.2. The Balaban J connectivity index is 2.69. The number of ether oxygens (including phenoxy) is 2. The van der Waals surface area contributed by atoms with Crippen molar-refractivity contribution in [3.05, 3.63) is 52.2 Å². The van der Waals surface area contributed by atoms with Crippen LogP contribution >= 0.6 is 11.3 Å². The first-order chi connectivity index (χ1) is 14.1. The average Bonchev–Trinajstić information content (AvgIpc) is 3.19. The molecule has 0 fully saturated rings. The van der Waals surface area contributed by atoms with E-state index in [9.17, 15) is 13.8 Å². The van der Waals surface area contributed by atoms with Gasteiger partial charge in [0.25, 0.3) is 0 Å². The Kier molecular flexibility index (Phi) is 8.31. The number of carbonyl (C=O) groups is 2. The highest BCUT2D eigenvalue weighted by Gasteiger charge is 2.42. The summed E-state index contributed by atoms with van der Waals surface area (Å²) in [4.78, 5) is 23.9. The number of Topliss-reactive ketones (excluding diaryl/α,β-unsaturated/α-hetero) is 1. The second-order valence-corrected chi connectivity index (χ2v) is 10.5. The number of carboxylic acid groups (broad SMARTS) is 1. The lowest BCUT2D eigenvalue weighted by Crippen LogP contribution is -2.50. The van der Waals surface area contributed by atoms with Gasteiger partial charge in [0.05, 0.1) is 21.3 Å². The molecule has 0 bridgehead atoms. The topological polar surface area (TPSA) is 102 Å². The minimum Gasteiger partial charge on any atom is -0.481 e. The lowest BCUT2D eigenvalue weighted by Gasteiger charge is -2.37. The van der Waals surface area contributed by atoms with E-state index in [-0.39, 0.29) is 13.2 Å². The first-order valence-electron chi connectivity index (χ1n) is 9.27. The van der Waals surface area contributed by atoms with E-state index in [0.717, 1.165) is 0 Å². The molecule has 0 amide bonds. The molecule has 2 N–H and O–H groups in total. The van der Waals surface area contributed by atoms with Crippen LogP contribution in [0.5, 0.6) is 5.75 Å². The summed E-state index contributed by atoms with van der Waals surface area (Å²) in [5, 5.41) is 12.8. The summed E-state index contributed by atoms with van der Waals surface area (Å²) in [6, 6.07) is 8.92. The van der Waals surface area contributed by atoms with Gasteiger partial charge in [-0.2, -0.15) is 11.3 Å². The zero-order valence-electron chi connectivity index (χ0n) is 17.5. The fourth-order valence-corrected chi connectivity index (χ4v) is 4.57. The third-order valence-electron chi connectivity index (χ3n) is 4.33. The number of carboxylic acids is 1. The lowest BCUT2D eigenvalue weighted by molar-refractivity contribution is -0.140. The van der Waals surface area contributed by atoms with Crippen LogP contribution < -0.4 is 9.46 Å². The number of rotatable bonds is 11. The van der Waals surface area contributed by atoms with Crippen molar-refractivity contribution in [1.29, 1.82) is 0 Å². The van der Waals surface area contributed by atoms with Gasteiger partial charge in [0.1, 0.15) is 18.0 Å². The Labute approximate surface area is 183 Å². The third-order valence-corrected chi connectivity index (χ3v) is 6.66. The largest absolute Gasteiger partial charge is 0.481 e. The summed E-state index contributed by atoms with van der Waals surface area (Å²) in [6.07, 6.45) is -0.831. The van der Waals surface area contributed by atoms with Gasteiger partial charge in [-0.15, -0.1) is 0 Å². The van der Waals surface area contributed by atoms with Gasteiger partial charge in [0.2, 0.25) is 0 Å². The standard InChI is InChI=1S/C21H27NO6S2/c1-20(2,3)30(26)22-21(15-9-10-29-13-15,12-16(23)11-19(24)25)17-7-5-6-8-18(17)28-14-27-4/h5-10,13,22H,11-12,14H2,1-4H3,(H,24,25). The highest BCUT2D eigenvalue weighted by molar-refractivity contribution is 7.84. The smallest absolute Gasteiger partial charge is 0.310 e. The van der Waals surface area contributed by atoms with Gasteiger partial charge < -0.3 is 14.6 Å².